The molecule has 7 atom stereocenters. The van der Waals surface area contributed by atoms with Crippen molar-refractivity contribution in [2.45, 2.75) is 72.2 Å². The summed E-state index contributed by atoms with van der Waals surface area (Å²) in [6, 6.07) is 0. The van der Waals surface area contributed by atoms with E-state index < -0.39 is 84.6 Å². The molecule has 1 aliphatic rings. The van der Waals surface area contributed by atoms with Crippen LogP contribution >= 0.6 is 35.2 Å². The number of nitrogen functional groups attached to an aromatic ring is 1. The van der Waals surface area contributed by atoms with E-state index in [1.807, 2.05) is 0 Å². The predicted octanol–water partition coefficient (Wildman–Crippen LogP) is -2.62. The van der Waals surface area contributed by atoms with Crippen molar-refractivity contribution >= 4 is 69.1 Å². The number of ether oxygens (including phenoxy) is 1. The number of imidazole rings is 1. The summed E-state index contributed by atoms with van der Waals surface area (Å²) < 4.78 is 62.0. The molecule has 1 aliphatic heterocycles. The maximum absolute atomic E-state index is 12.6. The first-order valence-electron chi connectivity index (χ1n) is 15.6. The molecular formula is C27H47LiN7O17P3S. The van der Waals surface area contributed by atoms with E-state index in [9.17, 15) is 57.9 Å². The van der Waals surface area contributed by atoms with Crippen molar-refractivity contribution in [3.63, 3.8) is 0 Å². The first kappa shape index (κ1) is 51.9. The number of aromatic nitrogens is 4. The Bertz CT molecular complexity index is 1850. The Kier molecular flexibility index (Phi) is 20.2. The quantitative estimate of drug-likeness (QED) is 0.0285. The second-order valence-corrected chi connectivity index (χ2v) is 17.8. The van der Waals surface area contributed by atoms with Crippen molar-refractivity contribution in [3.05, 3.63) is 24.3 Å². The molecule has 3 heterocycles. The maximum atomic E-state index is 12.6. The number of carbonyl (C=O) groups is 3. The van der Waals surface area contributed by atoms with Gasteiger partial charge in [0.1, 0.15) is 36.3 Å². The number of amides is 2. The van der Waals surface area contributed by atoms with Gasteiger partial charge in [0.2, 0.25) is 16.9 Å². The van der Waals surface area contributed by atoms with Crippen LogP contribution in [0.1, 0.15) is 49.2 Å². The Labute approximate surface area is 338 Å². The smallest absolute Gasteiger partial charge is 1.00 e. The van der Waals surface area contributed by atoms with Crippen molar-refractivity contribution in [2.24, 2.45) is 5.41 Å². The number of aliphatic hydroxyl groups excluding tert-OH is 2. The third-order valence-electron chi connectivity index (χ3n) is 7.15. The molecule has 1 fully saturated rings. The molecule has 0 spiro atoms. The van der Waals surface area contributed by atoms with Crippen LogP contribution in [0.25, 0.3) is 11.2 Å². The molecule has 2 amide bonds. The maximum Gasteiger partial charge on any atom is 1.00 e. The van der Waals surface area contributed by atoms with E-state index >= 15 is 0 Å². The molecule has 0 bridgehead atoms. The van der Waals surface area contributed by atoms with Gasteiger partial charge in [-0.05, 0) is 19.9 Å². The molecule has 1 saturated heterocycles. The Balaban J connectivity index is 0.0000105. The van der Waals surface area contributed by atoms with E-state index in [1.165, 1.54) is 19.9 Å². The summed E-state index contributed by atoms with van der Waals surface area (Å²) in [4.78, 5) is 87.0. The zero-order valence-corrected chi connectivity index (χ0v) is 33.7. The summed E-state index contributed by atoms with van der Waals surface area (Å²) in [5.41, 5.74) is 5.10. The van der Waals surface area contributed by atoms with Crippen LogP contribution in [-0.2, 0) is 50.7 Å². The fraction of sp³-hybridized carbons (Fsp3) is 0.630. The van der Waals surface area contributed by atoms with Gasteiger partial charge in [-0.3, -0.25) is 32.5 Å². The van der Waals surface area contributed by atoms with Crippen LogP contribution < -0.4 is 35.2 Å². The fourth-order valence-electron chi connectivity index (χ4n) is 4.56. The number of nitrogens with two attached hydrogens (primary N) is 1. The molecule has 24 nitrogen and oxygen atoms in total. The van der Waals surface area contributed by atoms with Gasteiger partial charge >= 0.3 is 42.3 Å². The number of allylic oxidation sites excluding steroid dienone is 1. The average molecular weight is 874 g/mol. The fourth-order valence-corrected chi connectivity index (χ4v) is 8.11. The van der Waals surface area contributed by atoms with Crippen molar-refractivity contribution < 1.29 is 101 Å². The second kappa shape index (κ2) is 21.8. The minimum atomic E-state index is -5.57. The zero-order valence-electron chi connectivity index (χ0n) is 31.2. The molecule has 2 aromatic rings. The molecule has 10 N–H and O–H groups in total. The number of anilines is 1. The van der Waals surface area contributed by atoms with Crippen LogP contribution in [0, 0.1) is 5.41 Å². The third-order valence-corrected chi connectivity index (χ3v) is 11.1. The molecule has 2 unspecified atom stereocenters. The van der Waals surface area contributed by atoms with E-state index in [0.717, 1.165) is 34.6 Å². The summed E-state index contributed by atoms with van der Waals surface area (Å²) in [6.07, 6.45) is -5.45. The standard InChI is InChI=1S/C26H42N7O17P3S.CH4.Li.H/c1-14(2)9-17(35)54-8-7-28-16(34)5-6-29-24(38)21(37)26(3,4)11-47-53(44,45)50-52(42,43)46-10-15-20(49-51(39,40)41)19(36)25(48-15)33-13-32-18-22(27)30-12-31-23(18)33;;;/h9,12-13,15,19-21,25,36-37H,5-8,10-11H2,1-4H3,(H,28,34)(H,29,38)(H,42,43)(H,44,45)(H2,27,30,31)(H2,39,40,41);1H4;;/q;;+1;-1/t15-,19-,20-,21+,25-;;;/m1.../s1. The van der Waals surface area contributed by atoms with Crippen molar-refractivity contribution in [2.75, 3.05) is 37.8 Å². The predicted molar refractivity (Wildman–Crippen MR) is 194 cm³/mol. The van der Waals surface area contributed by atoms with E-state index in [0.29, 0.717) is 5.75 Å². The van der Waals surface area contributed by atoms with E-state index in [1.54, 1.807) is 13.8 Å². The molecule has 2 aromatic heterocycles. The van der Waals surface area contributed by atoms with E-state index in [2.05, 4.69) is 34.4 Å². The number of nitrogens with zero attached hydrogens (tertiary/aromatic N) is 4. The second-order valence-electron chi connectivity index (χ2n) is 12.5. The summed E-state index contributed by atoms with van der Waals surface area (Å²) in [5, 5.41) is 26.1. The number of phosphoric ester groups is 3. The summed E-state index contributed by atoms with van der Waals surface area (Å²) in [5.74, 6) is -1.13. The monoisotopic (exact) mass is 873 g/mol. The van der Waals surface area contributed by atoms with Crippen LogP contribution in [0.2, 0.25) is 0 Å². The van der Waals surface area contributed by atoms with Gasteiger partial charge in [0.15, 0.2) is 17.7 Å². The summed E-state index contributed by atoms with van der Waals surface area (Å²) in [6.45, 7) is 4.03. The number of fused-ring (bicyclic) bond motifs is 1. The Morgan fingerprint density at radius 2 is 1.73 bits per heavy atom. The third kappa shape index (κ3) is 15.9. The van der Waals surface area contributed by atoms with Crippen LogP contribution in [0.3, 0.4) is 0 Å². The topological polar surface area (TPSA) is 364 Å². The molecule has 0 radical (unpaired) electrons. The molecule has 3 rings (SSSR count). The van der Waals surface area contributed by atoms with Gasteiger partial charge in [0, 0.05) is 30.7 Å². The van der Waals surface area contributed by atoms with Crippen LogP contribution in [0.4, 0.5) is 5.82 Å². The largest absolute Gasteiger partial charge is 1.00 e. The van der Waals surface area contributed by atoms with Gasteiger partial charge in [0.05, 0.1) is 19.5 Å². The number of thioether (sulfide) groups is 1. The normalized spacial score (nSPS) is 21.1. The van der Waals surface area contributed by atoms with Crippen molar-refractivity contribution in [1.29, 1.82) is 0 Å². The van der Waals surface area contributed by atoms with Gasteiger partial charge in [-0.1, -0.05) is 38.6 Å². The number of rotatable bonds is 20. The SMILES string of the molecule is C.CC(C)=CC(=O)SCCNC(=O)CCNC(=O)[C@H](O)C(C)(C)COP(=O)(O)OP(=O)(O)OC[C@H]1O[C@@H](n2cnc3c(N)ncnc32)[C@H](O)[C@@H]1OP(=O)(O)O.[H-].[Li+]. The first-order chi connectivity index (χ1) is 24.9. The number of phosphoric acid groups is 3. The van der Waals surface area contributed by atoms with Gasteiger partial charge < -0.3 is 52.3 Å². The summed E-state index contributed by atoms with van der Waals surface area (Å²) in [7, 11) is -16.4. The van der Waals surface area contributed by atoms with Crippen LogP contribution in [0.15, 0.2) is 24.3 Å². The van der Waals surface area contributed by atoms with Crippen LogP contribution in [-0.4, -0.2) is 123 Å². The van der Waals surface area contributed by atoms with Gasteiger partial charge in [-0.15, -0.1) is 0 Å². The van der Waals surface area contributed by atoms with E-state index in [-0.39, 0.29) is 69.3 Å². The molecule has 0 saturated carbocycles. The molecular weight excluding hydrogens is 826 g/mol. The number of carbonyl (C=O) groups excluding carboxylic acids is 3. The minimum Gasteiger partial charge on any atom is -1.00 e. The Hall–Kier alpha value is -2.10. The zero-order chi connectivity index (χ0) is 40.6. The Morgan fingerprint density at radius 3 is 2.36 bits per heavy atom. The summed E-state index contributed by atoms with van der Waals surface area (Å²) >= 11 is 1.02. The molecule has 56 heavy (non-hydrogen) atoms. The molecule has 0 aromatic carbocycles. The van der Waals surface area contributed by atoms with E-state index in [4.69, 9.17) is 19.5 Å². The molecule has 29 heteroatoms. The number of nitrogens with one attached hydrogen (secondary N) is 2. The number of hydrogen-bond acceptors (Lipinski definition) is 18. The minimum absolute atomic E-state index is 0. The average Bonchev–Trinajstić information content (AvgIpc) is 3.60. The molecule has 0 aliphatic carbocycles. The van der Waals surface area contributed by atoms with Gasteiger partial charge in [-0.2, -0.15) is 4.31 Å². The number of hydrogen-bond donors (Lipinski definition) is 9. The first-order valence-corrected chi connectivity index (χ1v) is 21.1. The van der Waals surface area contributed by atoms with Gasteiger partial charge in [0.25, 0.3) is 0 Å². The molecule has 314 valence electrons. The number of aliphatic hydroxyl groups is 2. The Morgan fingerprint density at radius 1 is 1.09 bits per heavy atom. The van der Waals surface area contributed by atoms with Crippen molar-refractivity contribution in [1.82, 2.24) is 30.2 Å². The van der Waals surface area contributed by atoms with Crippen LogP contribution in [0.5, 0.6) is 0 Å². The van der Waals surface area contributed by atoms with Gasteiger partial charge in [-0.25, -0.2) is 28.6 Å². The van der Waals surface area contributed by atoms with Crippen molar-refractivity contribution in [3.8, 4) is 0 Å².